The fraction of sp³-hybridized carbons (Fsp3) is 0.0909. The minimum absolute atomic E-state index is 0.209. The highest BCUT2D eigenvalue weighted by atomic mass is 35.5. The topological polar surface area (TPSA) is 63.6 Å². The highest BCUT2D eigenvalue weighted by molar-refractivity contribution is 6.42. The highest BCUT2D eigenvalue weighted by Crippen LogP contribution is 2.26. The van der Waals surface area contributed by atoms with Gasteiger partial charge in [-0.05, 0) is 17.7 Å². The molecular weight excluding hydrogens is 267 g/mol. The molecule has 0 aromatic heterocycles. The number of hydrogen-bond donors (Lipinski definition) is 1. The van der Waals surface area contributed by atoms with Crippen molar-refractivity contribution in [2.24, 2.45) is 0 Å². The number of carboxylic acids is 1. The van der Waals surface area contributed by atoms with Crippen LogP contribution in [0.15, 0.2) is 24.3 Å². The summed E-state index contributed by atoms with van der Waals surface area (Å²) in [5.74, 6) is -2.01. The molecule has 0 radical (unpaired) electrons. The maximum atomic E-state index is 11.0. The Bertz CT molecular complexity index is 494. The molecule has 0 bridgehead atoms. The van der Waals surface area contributed by atoms with Crippen molar-refractivity contribution in [3.8, 4) is 0 Å². The number of carboxylic acid groups (broad SMARTS) is 1. The van der Waals surface area contributed by atoms with Gasteiger partial charge in [0.2, 0.25) is 0 Å². The number of carbonyl (C=O) groups excluding carboxylic acids is 1. The second-order valence-corrected chi connectivity index (χ2v) is 3.83. The zero-order valence-electron chi connectivity index (χ0n) is 8.74. The van der Waals surface area contributed by atoms with Gasteiger partial charge < -0.3 is 9.84 Å². The van der Waals surface area contributed by atoms with Gasteiger partial charge in [-0.25, -0.2) is 9.59 Å². The van der Waals surface area contributed by atoms with E-state index in [0.29, 0.717) is 5.02 Å². The summed E-state index contributed by atoms with van der Waals surface area (Å²) in [4.78, 5) is 22.0. The molecule has 0 aliphatic rings. The summed E-state index contributed by atoms with van der Waals surface area (Å²) in [7, 11) is 1.16. The molecule has 0 saturated carbocycles. The van der Waals surface area contributed by atoms with E-state index in [-0.39, 0.29) is 16.2 Å². The van der Waals surface area contributed by atoms with Crippen molar-refractivity contribution in [3.63, 3.8) is 0 Å². The first-order chi connectivity index (χ1) is 7.95. The lowest BCUT2D eigenvalue weighted by atomic mass is 10.1. The molecule has 0 amide bonds. The Labute approximate surface area is 107 Å². The van der Waals surface area contributed by atoms with Crippen LogP contribution in [0.1, 0.15) is 5.56 Å². The van der Waals surface area contributed by atoms with Gasteiger partial charge in [-0.15, -0.1) is 0 Å². The second-order valence-electron chi connectivity index (χ2n) is 3.02. The Morgan fingerprint density at radius 1 is 1.29 bits per heavy atom. The highest BCUT2D eigenvalue weighted by Gasteiger charge is 2.14. The Hall–Kier alpha value is -1.52. The number of ether oxygens (including phenoxy) is 1. The third-order valence-electron chi connectivity index (χ3n) is 1.92. The van der Waals surface area contributed by atoms with E-state index < -0.39 is 11.9 Å². The number of halogens is 2. The maximum absolute atomic E-state index is 11.0. The van der Waals surface area contributed by atoms with Gasteiger partial charge in [-0.3, -0.25) is 0 Å². The summed E-state index contributed by atoms with van der Waals surface area (Å²) in [6, 6.07) is 4.27. The summed E-state index contributed by atoms with van der Waals surface area (Å²) in [5, 5.41) is 9.49. The van der Waals surface area contributed by atoms with Crippen LogP contribution in [0.4, 0.5) is 0 Å². The van der Waals surface area contributed by atoms with Crippen molar-refractivity contribution in [2.75, 3.05) is 7.11 Å². The fourth-order valence-electron chi connectivity index (χ4n) is 1.11. The molecule has 90 valence electrons. The lowest BCUT2D eigenvalue weighted by molar-refractivity contribution is -0.135. The first-order valence-electron chi connectivity index (χ1n) is 4.44. The lowest BCUT2D eigenvalue weighted by Crippen LogP contribution is -2.04. The van der Waals surface area contributed by atoms with Crippen LogP contribution >= 0.6 is 23.2 Å². The van der Waals surface area contributed by atoms with Gasteiger partial charge in [0.15, 0.2) is 0 Å². The first-order valence-corrected chi connectivity index (χ1v) is 5.19. The van der Waals surface area contributed by atoms with Crippen molar-refractivity contribution in [1.29, 1.82) is 0 Å². The normalized spacial score (nSPS) is 11.1. The zero-order valence-corrected chi connectivity index (χ0v) is 10.2. The quantitative estimate of drug-likeness (QED) is 0.680. The van der Waals surface area contributed by atoms with Gasteiger partial charge in [0, 0.05) is 6.08 Å². The van der Waals surface area contributed by atoms with Crippen LogP contribution in [0.3, 0.4) is 0 Å². The molecule has 4 nitrogen and oxygen atoms in total. The number of hydrogen-bond acceptors (Lipinski definition) is 3. The van der Waals surface area contributed by atoms with E-state index in [0.717, 1.165) is 13.2 Å². The minimum atomic E-state index is -1.26. The number of rotatable bonds is 3. The van der Waals surface area contributed by atoms with Crippen LogP contribution in [0.25, 0.3) is 5.57 Å². The number of carbonyl (C=O) groups is 2. The van der Waals surface area contributed by atoms with E-state index in [1.54, 1.807) is 0 Å². The molecule has 0 fully saturated rings. The summed E-state index contributed by atoms with van der Waals surface area (Å²) >= 11 is 11.5. The number of benzene rings is 1. The van der Waals surface area contributed by atoms with Crippen molar-refractivity contribution in [2.45, 2.75) is 0 Å². The van der Waals surface area contributed by atoms with E-state index >= 15 is 0 Å². The molecule has 1 aromatic carbocycles. The van der Waals surface area contributed by atoms with Gasteiger partial charge in [0.25, 0.3) is 0 Å². The van der Waals surface area contributed by atoms with Gasteiger partial charge in [-0.2, -0.15) is 0 Å². The largest absolute Gasteiger partial charge is 0.478 e. The number of methoxy groups -OCH3 is 1. The first kappa shape index (κ1) is 13.5. The molecule has 0 saturated heterocycles. The lowest BCUT2D eigenvalue weighted by Gasteiger charge is -2.04. The predicted octanol–water partition coefficient (Wildman–Crippen LogP) is 2.63. The van der Waals surface area contributed by atoms with Gasteiger partial charge in [0.05, 0.1) is 22.7 Å². The zero-order chi connectivity index (χ0) is 13.0. The SMILES string of the molecule is COC(=O)/C=C(\C(=O)O)c1ccc(Cl)c(Cl)c1. The molecule has 0 atom stereocenters. The van der Waals surface area contributed by atoms with E-state index in [1.165, 1.54) is 18.2 Å². The van der Waals surface area contributed by atoms with E-state index in [9.17, 15) is 9.59 Å². The van der Waals surface area contributed by atoms with E-state index in [1.807, 2.05) is 0 Å². The molecule has 0 aliphatic heterocycles. The fourth-order valence-corrected chi connectivity index (χ4v) is 1.41. The van der Waals surface area contributed by atoms with Crippen LogP contribution in [-0.2, 0) is 14.3 Å². The molecule has 6 heteroatoms. The monoisotopic (exact) mass is 274 g/mol. The summed E-state index contributed by atoms with van der Waals surface area (Å²) in [6.45, 7) is 0. The average Bonchev–Trinajstić information content (AvgIpc) is 2.29. The molecule has 1 rings (SSSR count). The Kier molecular flexibility index (Phi) is 4.54. The van der Waals surface area contributed by atoms with Gasteiger partial charge in [0.1, 0.15) is 0 Å². The molecule has 1 aromatic rings. The van der Waals surface area contributed by atoms with Crippen LogP contribution in [0, 0.1) is 0 Å². The Balaban J connectivity index is 3.24. The van der Waals surface area contributed by atoms with Crippen LogP contribution < -0.4 is 0 Å². The molecule has 0 unspecified atom stereocenters. The minimum Gasteiger partial charge on any atom is -0.478 e. The van der Waals surface area contributed by atoms with Gasteiger partial charge in [-0.1, -0.05) is 29.3 Å². The van der Waals surface area contributed by atoms with Crippen LogP contribution in [0.5, 0.6) is 0 Å². The molecule has 0 heterocycles. The van der Waals surface area contributed by atoms with E-state index in [2.05, 4.69) is 4.74 Å². The van der Waals surface area contributed by atoms with Crippen molar-refractivity contribution in [3.05, 3.63) is 39.9 Å². The second kappa shape index (κ2) is 5.70. The van der Waals surface area contributed by atoms with Crippen LogP contribution in [-0.4, -0.2) is 24.2 Å². The maximum Gasteiger partial charge on any atom is 0.336 e. The summed E-state index contributed by atoms with van der Waals surface area (Å²) < 4.78 is 4.37. The summed E-state index contributed by atoms with van der Waals surface area (Å²) in [6.07, 6.45) is 0.877. The van der Waals surface area contributed by atoms with Crippen LogP contribution in [0.2, 0.25) is 10.0 Å². The third kappa shape index (κ3) is 3.47. The molecule has 0 spiro atoms. The average molecular weight is 275 g/mol. The third-order valence-corrected chi connectivity index (χ3v) is 2.66. The molecule has 0 aliphatic carbocycles. The van der Waals surface area contributed by atoms with Crippen molar-refractivity contribution < 1.29 is 19.4 Å². The van der Waals surface area contributed by atoms with Gasteiger partial charge >= 0.3 is 11.9 Å². The Morgan fingerprint density at radius 3 is 2.41 bits per heavy atom. The molecular formula is C11H8Cl2O4. The molecule has 1 N–H and O–H groups in total. The number of aliphatic carboxylic acids is 1. The van der Waals surface area contributed by atoms with Crippen molar-refractivity contribution in [1.82, 2.24) is 0 Å². The molecule has 17 heavy (non-hydrogen) atoms. The standard InChI is InChI=1S/C11H8Cl2O4/c1-17-10(14)5-7(11(15)16)6-2-3-8(12)9(13)4-6/h2-5H,1H3,(H,15,16)/b7-5-. The van der Waals surface area contributed by atoms with Crippen molar-refractivity contribution >= 4 is 40.7 Å². The predicted molar refractivity (Wildman–Crippen MR) is 64.1 cm³/mol. The van der Waals surface area contributed by atoms with E-state index in [4.69, 9.17) is 28.3 Å². The summed E-state index contributed by atoms with van der Waals surface area (Å²) in [5.41, 5.74) is 0.0627. The number of esters is 1. The smallest absolute Gasteiger partial charge is 0.336 e. The Morgan fingerprint density at radius 2 is 1.94 bits per heavy atom.